The molecule has 7 heteroatoms. The van der Waals surface area contributed by atoms with Gasteiger partial charge in [0.15, 0.2) is 0 Å². The second kappa shape index (κ2) is 26.5. The zero-order chi connectivity index (χ0) is 20.3. The van der Waals surface area contributed by atoms with Crippen molar-refractivity contribution in [1.82, 2.24) is 5.32 Å². The van der Waals surface area contributed by atoms with E-state index >= 15 is 0 Å². The van der Waals surface area contributed by atoms with Gasteiger partial charge in [-0.25, -0.2) is 4.79 Å². The minimum absolute atomic E-state index is 0. The molecular weight excluding hydrogens is 438 g/mol. The van der Waals surface area contributed by atoms with Crippen LogP contribution in [0.2, 0.25) is 0 Å². The summed E-state index contributed by atoms with van der Waals surface area (Å²) < 4.78 is -0.665. The summed E-state index contributed by atoms with van der Waals surface area (Å²) in [6.45, 7) is 8.29. The maximum atomic E-state index is 11.3. The van der Waals surface area contributed by atoms with Gasteiger partial charge in [0.05, 0.1) is 0 Å². The van der Waals surface area contributed by atoms with Gasteiger partial charge in [-0.05, 0) is 12.8 Å². The van der Waals surface area contributed by atoms with E-state index in [1.807, 2.05) is 19.2 Å². The second-order valence-electron chi connectivity index (χ2n) is 7.03. The Bertz CT molecular complexity index is 343. The van der Waals surface area contributed by atoms with Crippen LogP contribution in [0.15, 0.2) is 0 Å². The van der Waals surface area contributed by atoms with E-state index in [9.17, 15) is 9.59 Å². The molecule has 0 rings (SSSR count). The van der Waals surface area contributed by atoms with Gasteiger partial charge in [-0.15, -0.1) is 0 Å². The van der Waals surface area contributed by atoms with Crippen molar-refractivity contribution < 1.29 is 9.59 Å². The van der Waals surface area contributed by atoms with Crippen LogP contribution in [0, 0.1) is 0 Å². The number of carbonyl (C=O) groups is 2. The molecule has 0 aliphatic carbocycles. The summed E-state index contributed by atoms with van der Waals surface area (Å²) >= 11 is 3.26. The number of hydrogen-bond donors (Lipinski definition) is 2. The van der Waals surface area contributed by atoms with Crippen LogP contribution in [0.4, 0.5) is 4.79 Å². The summed E-state index contributed by atoms with van der Waals surface area (Å²) in [6, 6.07) is -0.814. The van der Waals surface area contributed by atoms with Crippen molar-refractivity contribution in [2.75, 3.05) is 0 Å². The number of rotatable bonds is 14. The summed E-state index contributed by atoms with van der Waals surface area (Å²) in [4.78, 5) is 21.6. The van der Waals surface area contributed by atoms with E-state index in [4.69, 9.17) is 5.73 Å². The van der Waals surface area contributed by atoms with Crippen molar-refractivity contribution in [1.29, 1.82) is 0 Å². The third kappa shape index (κ3) is 23.7. The van der Waals surface area contributed by atoms with Crippen LogP contribution in [0.5, 0.6) is 0 Å². The molecule has 3 amide bonds. The van der Waals surface area contributed by atoms with Crippen molar-refractivity contribution in [3.05, 3.63) is 0 Å². The minimum atomic E-state index is -0.814. The summed E-state index contributed by atoms with van der Waals surface area (Å²) in [7, 11) is 0. The Hall–Kier alpha value is 1.42. The van der Waals surface area contributed by atoms with Crippen LogP contribution in [0.3, 0.4) is 0 Å². The molecule has 3 N–H and O–H groups in total. The number of imide groups is 1. The number of primary amides is 1. The summed E-state index contributed by atoms with van der Waals surface area (Å²) in [5.74, 6) is -0.375. The van der Waals surface area contributed by atoms with E-state index in [0.717, 1.165) is 0 Å². The van der Waals surface area contributed by atoms with E-state index in [-0.39, 0.29) is 65.0 Å². The van der Waals surface area contributed by atoms with Crippen LogP contribution in [-0.4, -0.2) is 75.4 Å². The fourth-order valence-electron chi connectivity index (χ4n) is 2.71. The second-order valence-corrected chi connectivity index (χ2v) is 8.54. The third-order valence-corrected chi connectivity index (χ3v) is 6.20. The van der Waals surface area contributed by atoms with Crippen LogP contribution >= 0.6 is 15.9 Å². The van der Waals surface area contributed by atoms with E-state index in [2.05, 4.69) is 29.8 Å². The van der Waals surface area contributed by atoms with Gasteiger partial charge in [0.2, 0.25) is 5.91 Å². The standard InChI is InChI=1S/C14H30.C7H13BrN2O2.2Na.2H/c1-3-5-7-9-11-13-14-12-10-8-6-4-2;1-3-7(8,4-2)5(11)10-6(9)12;;;;/h3-14H2,1-2H3;3-4H2,1-2H3,(H3,9,10,11,12);;;;. The zero-order valence-corrected chi connectivity index (χ0v) is 19.3. The van der Waals surface area contributed by atoms with Crippen molar-refractivity contribution in [2.24, 2.45) is 5.73 Å². The number of amides is 3. The molecule has 0 heterocycles. The summed E-state index contributed by atoms with van der Waals surface area (Å²) in [6.07, 6.45) is 18.7. The van der Waals surface area contributed by atoms with Crippen molar-refractivity contribution in [3.8, 4) is 0 Å². The van der Waals surface area contributed by atoms with E-state index in [0.29, 0.717) is 12.8 Å². The first kappa shape index (κ1) is 36.8. The first-order chi connectivity index (χ1) is 12.4. The van der Waals surface area contributed by atoms with E-state index in [1.165, 1.54) is 77.0 Å². The van der Waals surface area contributed by atoms with Crippen molar-refractivity contribution in [2.45, 2.75) is 122 Å². The Kier molecular flexibility index (Phi) is 34.7. The Balaban J connectivity index is -0.000000194. The molecule has 0 aromatic carbocycles. The Morgan fingerprint density at radius 3 is 1.21 bits per heavy atom. The fraction of sp³-hybridized carbons (Fsp3) is 0.905. The van der Waals surface area contributed by atoms with Crippen LogP contribution < -0.4 is 11.1 Å². The number of hydrogen-bond acceptors (Lipinski definition) is 2. The Morgan fingerprint density at radius 2 is 1.00 bits per heavy atom. The van der Waals surface area contributed by atoms with E-state index < -0.39 is 10.4 Å². The molecule has 0 fully saturated rings. The average molecular weight is 483 g/mol. The molecule has 160 valence electrons. The molecule has 0 aromatic rings. The van der Waals surface area contributed by atoms with Crippen molar-refractivity contribution >= 4 is 87.0 Å². The summed E-state index contributed by atoms with van der Waals surface area (Å²) in [5, 5.41) is 2.04. The topological polar surface area (TPSA) is 72.2 Å². The number of carbonyl (C=O) groups excluding carboxylic acids is 2. The number of unbranched alkanes of at least 4 members (excludes halogenated alkanes) is 11. The number of nitrogens with one attached hydrogen (secondary N) is 1. The van der Waals surface area contributed by atoms with Gasteiger partial charge in [-0.3, -0.25) is 10.1 Å². The normalized spacial score (nSPS) is 10.0. The third-order valence-electron chi connectivity index (χ3n) is 4.72. The first-order valence-corrected chi connectivity index (χ1v) is 11.5. The molecule has 0 aliphatic heterocycles. The van der Waals surface area contributed by atoms with Crippen LogP contribution in [0.25, 0.3) is 0 Å². The van der Waals surface area contributed by atoms with Gasteiger partial charge in [0.25, 0.3) is 0 Å². The quantitative estimate of drug-likeness (QED) is 0.193. The number of halogens is 1. The van der Waals surface area contributed by atoms with Gasteiger partial charge in [0, 0.05) is 0 Å². The monoisotopic (exact) mass is 482 g/mol. The molecule has 0 aromatic heterocycles. The van der Waals surface area contributed by atoms with Crippen molar-refractivity contribution in [3.63, 3.8) is 0 Å². The predicted molar refractivity (Wildman–Crippen MR) is 131 cm³/mol. The van der Waals surface area contributed by atoms with Gasteiger partial charge < -0.3 is 5.73 Å². The van der Waals surface area contributed by atoms with E-state index in [1.54, 1.807) is 0 Å². The van der Waals surface area contributed by atoms with Crippen LogP contribution in [-0.2, 0) is 4.79 Å². The molecular formula is C21H45BrN2Na2O2. The van der Waals surface area contributed by atoms with Gasteiger partial charge >= 0.3 is 65.1 Å². The molecule has 0 unspecified atom stereocenters. The predicted octanol–water partition coefficient (Wildman–Crippen LogP) is 5.55. The zero-order valence-electron chi connectivity index (χ0n) is 17.7. The SMILES string of the molecule is CCC(Br)(CC)C(=O)NC(N)=O.CCCCCCCCCCCCCC.[NaH].[NaH]. The number of alkyl halides is 1. The molecule has 0 saturated heterocycles. The molecule has 0 atom stereocenters. The van der Waals surface area contributed by atoms with Gasteiger partial charge in [-0.1, -0.05) is 121 Å². The molecule has 0 spiro atoms. The summed E-state index contributed by atoms with van der Waals surface area (Å²) in [5.41, 5.74) is 4.81. The molecule has 0 radical (unpaired) electrons. The molecule has 4 nitrogen and oxygen atoms in total. The Morgan fingerprint density at radius 1 is 0.714 bits per heavy atom. The average Bonchev–Trinajstić information content (AvgIpc) is 2.62. The number of urea groups is 1. The van der Waals surface area contributed by atoms with Crippen LogP contribution in [0.1, 0.15) is 118 Å². The van der Waals surface area contributed by atoms with Gasteiger partial charge in [-0.2, -0.15) is 0 Å². The Labute approximate surface area is 227 Å². The number of nitrogens with two attached hydrogens (primary N) is 1. The first-order valence-electron chi connectivity index (χ1n) is 10.7. The molecule has 0 bridgehead atoms. The molecule has 0 saturated carbocycles. The molecule has 28 heavy (non-hydrogen) atoms. The van der Waals surface area contributed by atoms with Gasteiger partial charge in [0.1, 0.15) is 4.32 Å². The molecule has 0 aliphatic rings. The maximum absolute atomic E-state index is 11.3. The fourth-order valence-corrected chi connectivity index (χ4v) is 2.81.